The third-order valence-corrected chi connectivity index (χ3v) is 11.9. The maximum absolute atomic E-state index is 15.3. The van der Waals surface area contributed by atoms with Gasteiger partial charge in [-0.25, -0.2) is 9.18 Å². The summed E-state index contributed by atoms with van der Waals surface area (Å²) in [7, 11) is -2.05. The highest BCUT2D eigenvalue weighted by atomic mass is 35.5. The van der Waals surface area contributed by atoms with E-state index >= 15 is 4.39 Å². The molecule has 0 saturated heterocycles. The van der Waals surface area contributed by atoms with Crippen molar-refractivity contribution in [2.75, 3.05) is 26.3 Å². The number of halogens is 2. The minimum atomic E-state index is -2.05. The molecular weight excluding hydrogens is 581 g/mol. The first-order valence-corrected chi connectivity index (χ1v) is 17.1. The average molecular weight is 622 g/mol. The van der Waals surface area contributed by atoms with E-state index in [-0.39, 0.29) is 48.1 Å². The summed E-state index contributed by atoms with van der Waals surface area (Å²) in [6.07, 6.45) is -0.542. The molecule has 2 aromatic heterocycles. The molecule has 1 N–H and O–H groups in total. The zero-order chi connectivity index (χ0) is 31.5. The lowest BCUT2D eigenvalue weighted by Gasteiger charge is -2.37. The molecule has 0 atom stereocenters. The van der Waals surface area contributed by atoms with Gasteiger partial charge in [0.25, 0.3) is 5.56 Å². The number of fused-ring (bicyclic) bond motifs is 1. The zero-order valence-corrected chi connectivity index (χ0v) is 27.3. The first kappa shape index (κ1) is 33.4. The molecule has 3 aromatic rings. The molecule has 9 nitrogen and oxygen atoms in total. The van der Waals surface area contributed by atoms with Gasteiger partial charge >= 0.3 is 6.09 Å². The van der Waals surface area contributed by atoms with Crippen LogP contribution in [0.3, 0.4) is 0 Å². The monoisotopic (exact) mass is 621 g/mol. The predicted octanol–water partition coefficient (Wildman–Crippen LogP) is 6.58. The maximum Gasteiger partial charge on any atom is 0.410 e. The van der Waals surface area contributed by atoms with Crippen molar-refractivity contribution in [1.82, 2.24) is 14.5 Å². The van der Waals surface area contributed by atoms with E-state index in [4.69, 9.17) is 25.5 Å². The Morgan fingerprint density at radius 1 is 1.10 bits per heavy atom. The summed E-state index contributed by atoms with van der Waals surface area (Å²) in [5.41, 5.74) is -0.818. The number of carbonyl (C=O) groups is 1. The Bertz CT molecular complexity index is 1470. The average Bonchev–Trinajstić information content (AvgIpc) is 2.86. The number of benzene rings is 1. The van der Waals surface area contributed by atoms with E-state index in [1.165, 1.54) is 9.47 Å². The number of carbonyl (C=O) groups excluding carboxylic acids is 1. The van der Waals surface area contributed by atoms with E-state index in [1.54, 1.807) is 45.0 Å². The molecular formula is C30H41ClFN3O6Si. The number of amides is 1. The van der Waals surface area contributed by atoms with E-state index in [9.17, 15) is 14.7 Å². The largest absolute Gasteiger partial charge is 0.507 e. The molecule has 42 heavy (non-hydrogen) atoms. The van der Waals surface area contributed by atoms with Crippen molar-refractivity contribution in [2.45, 2.75) is 71.8 Å². The Labute approximate surface area is 252 Å². The normalized spacial score (nSPS) is 12.4. The second-order valence-corrected chi connectivity index (χ2v) is 17.8. The number of pyridine rings is 2. The fourth-order valence-electron chi connectivity index (χ4n) is 3.89. The van der Waals surface area contributed by atoms with Gasteiger partial charge in [0.2, 0.25) is 5.88 Å². The minimum absolute atomic E-state index is 0.00473. The Morgan fingerprint density at radius 2 is 1.71 bits per heavy atom. The summed E-state index contributed by atoms with van der Waals surface area (Å²) >= 11 is 6.12. The molecule has 12 heteroatoms. The van der Waals surface area contributed by atoms with E-state index in [0.717, 1.165) is 11.6 Å². The minimum Gasteiger partial charge on any atom is -0.507 e. The number of rotatable bonds is 10. The van der Waals surface area contributed by atoms with Crippen LogP contribution in [0.5, 0.6) is 11.6 Å². The van der Waals surface area contributed by atoms with Crippen molar-refractivity contribution in [3.8, 4) is 11.6 Å². The van der Waals surface area contributed by atoms with Gasteiger partial charge in [-0.3, -0.25) is 4.79 Å². The first-order valence-electron chi connectivity index (χ1n) is 13.8. The van der Waals surface area contributed by atoms with Crippen LogP contribution >= 0.6 is 11.6 Å². The van der Waals surface area contributed by atoms with Crippen LogP contribution < -0.4 is 10.3 Å². The zero-order valence-electron chi connectivity index (χ0n) is 25.6. The number of hydrogen-bond acceptors (Lipinski definition) is 7. The van der Waals surface area contributed by atoms with E-state index in [0.29, 0.717) is 6.61 Å². The summed E-state index contributed by atoms with van der Waals surface area (Å²) in [5, 5.41) is 10.1. The lowest BCUT2D eigenvalue weighted by atomic mass is 10.2. The van der Waals surface area contributed by atoms with Gasteiger partial charge in [-0.1, -0.05) is 62.7 Å². The van der Waals surface area contributed by atoms with Crippen molar-refractivity contribution in [1.29, 1.82) is 0 Å². The van der Waals surface area contributed by atoms with Crippen LogP contribution in [0, 0.1) is 5.82 Å². The van der Waals surface area contributed by atoms with Crippen molar-refractivity contribution in [3.63, 3.8) is 0 Å². The smallest absolute Gasteiger partial charge is 0.410 e. The molecule has 0 radical (unpaired) electrons. The van der Waals surface area contributed by atoms with Crippen LogP contribution in [0.1, 0.15) is 47.1 Å². The molecule has 0 saturated carbocycles. The fraction of sp³-hybridized carbons (Fsp3) is 0.500. The van der Waals surface area contributed by atoms with Crippen molar-refractivity contribution in [2.24, 2.45) is 0 Å². The maximum atomic E-state index is 15.3. The highest BCUT2D eigenvalue weighted by Crippen LogP contribution is 2.37. The molecule has 0 fully saturated rings. The third kappa shape index (κ3) is 8.23. The van der Waals surface area contributed by atoms with Gasteiger partial charge in [0.15, 0.2) is 19.3 Å². The summed E-state index contributed by atoms with van der Waals surface area (Å²) in [6, 6.07) is 10.0. The van der Waals surface area contributed by atoms with E-state index in [2.05, 4.69) is 38.8 Å². The lowest BCUT2D eigenvalue weighted by molar-refractivity contribution is 0.0197. The molecule has 0 spiro atoms. The quantitative estimate of drug-likeness (QED) is 0.201. The van der Waals surface area contributed by atoms with E-state index in [1.807, 2.05) is 6.07 Å². The fourth-order valence-corrected chi connectivity index (χ4v) is 5.09. The van der Waals surface area contributed by atoms with Gasteiger partial charge in [0.1, 0.15) is 23.3 Å². The topological polar surface area (TPSA) is 103 Å². The molecule has 230 valence electrons. The molecule has 0 bridgehead atoms. The number of hydrogen-bond donors (Lipinski definition) is 1. The summed E-state index contributed by atoms with van der Waals surface area (Å²) in [4.78, 5) is 31.3. The Kier molecular flexibility index (Phi) is 10.3. The summed E-state index contributed by atoms with van der Waals surface area (Å²) in [5.74, 6) is -1.62. The van der Waals surface area contributed by atoms with Crippen molar-refractivity contribution in [3.05, 3.63) is 63.3 Å². The Morgan fingerprint density at radius 3 is 2.31 bits per heavy atom. The lowest BCUT2D eigenvalue weighted by Crippen LogP contribution is -2.45. The molecule has 0 aliphatic heterocycles. The number of aromatic nitrogens is 2. The van der Waals surface area contributed by atoms with Crippen molar-refractivity contribution < 1.29 is 28.2 Å². The molecule has 1 amide bonds. The standard InChI is InChI=1S/C30H41ClFN3O6Si/c1-29(2,3)41-28(38)34(15-17-40-42(7,8)30(4,5)6)14-16-39-27-23-21(36)18-22(37)35(19-20-12-10-9-11-13-20)25(23)24(32)26(31)33-27/h9-13,18,36H,14-17,19H2,1-8H3. The van der Waals surface area contributed by atoms with Crippen molar-refractivity contribution >= 4 is 36.9 Å². The van der Waals surface area contributed by atoms with Gasteiger partial charge in [-0.2, -0.15) is 4.98 Å². The van der Waals surface area contributed by atoms with Gasteiger partial charge in [0.05, 0.1) is 25.2 Å². The van der Waals surface area contributed by atoms with E-state index < -0.39 is 42.3 Å². The molecule has 0 aliphatic rings. The second kappa shape index (κ2) is 13.0. The summed E-state index contributed by atoms with van der Waals surface area (Å²) in [6.45, 7) is 16.6. The number of aromatic hydroxyl groups is 1. The highest BCUT2D eigenvalue weighted by molar-refractivity contribution is 6.74. The predicted molar refractivity (Wildman–Crippen MR) is 165 cm³/mol. The third-order valence-electron chi connectivity index (χ3n) is 7.16. The van der Waals surface area contributed by atoms with Gasteiger partial charge in [-0.15, -0.1) is 0 Å². The number of nitrogens with zero attached hydrogens (tertiary/aromatic N) is 3. The number of ether oxygens (including phenoxy) is 2. The Hall–Kier alpha value is -3.15. The van der Waals surface area contributed by atoms with Crippen LogP contribution in [0.25, 0.3) is 10.9 Å². The molecule has 3 rings (SSSR count). The SMILES string of the molecule is CC(C)(C)OC(=O)N(CCOc1nc(Cl)c(F)c2c1c(O)cc(=O)n2Cc1ccccc1)CCO[Si](C)(C)C(C)(C)C. The second-order valence-electron chi connectivity index (χ2n) is 12.6. The van der Waals surface area contributed by atoms with Gasteiger partial charge in [-0.05, 0) is 44.5 Å². The summed E-state index contributed by atoms with van der Waals surface area (Å²) < 4.78 is 34.2. The highest BCUT2D eigenvalue weighted by Gasteiger charge is 2.37. The van der Waals surface area contributed by atoms with Gasteiger partial charge in [0, 0.05) is 12.6 Å². The van der Waals surface area contributed by atoms with Crippen LogP contribution in [0.4, 0.5) is 9.18 Å². The van der Waals surface area contributed by atoms with Crippen LogP contribution in [0.2, 0.25) is 23.3 Å². The van der Waals surface area contributed by atoms with Crippen LogP contribution in [-0.4, -0.2) is 65.9 Å². The molecule has 0 aliphatic carbocycles. The molecule has 2 heterocycles. The Balaban J connectivity index is 1.88. The van der Waals surface area contributed by atoms with Crippen LogP contribution in [-0.2, 0) is 15.7 Å². The molecule has 1 aromatic carbocycles. The van der Waals surface area contributed by atoms with Gasteiger partial charge < -0.3 is 28.5 Å². The van der Waals surface area contributed by atoms with Crippen LogP contribution in [0.15, 0.2) is 41.2 Å². The first-order chi connectivity index (χ1) is 19.4. The molecule has 0 unspecified atom stereocenters.